The van der Waals surface area contributed by atoms with Crippen LogP contribution in [0.25, 0.3) is 0 Å². The molecule has 1 aromatic heterocycles. The third kappa shape index (κ3) is 1.73. The molecule has 1 atom stereocenters. The van der Waals surface area contributed by atoms with Crippen LogP contribution in [0.5, 0.6) is 0 Å². The van der Waals surface area contributed by atoms with Gasteiger partial charge >= 0.3 is 0 Å². The fraction of sp³-hybridized carbons (Fsp3) is 0.333. The summed E-state index contributed by atoms with van der Waals surface area (Å²) in [4.78, 5) is 5.85. The van der Waals surface area contributed by atoms with Crippen LogP contribution in [-0.4, -0.2) is 18.1 Å². The van der Waals surface area contributed by atoms with Gasteiger partial charge in [-0.05, 0) is 19.1 Å². The Kier molecular flexibility index (Phi) is 2.65. The summed E-state index contributed by atoms with van der Waals surface area (Å²) in [6, 6.07) is 5.83. The van der Waals surface area contributed by atoms with E-state index in [0.29, 0.717) is 0 Å². The van der Waals surface area contributed by atoms with Crippen LogP contribution in [0.2, 0.25) is 0 Å². The summed E-state index contributed by atoms with van der Waals surface area (Å²) in [7, 11) is 1.88. The summed E-state index contributed by atoms with van der Waals surface area (Å²) in [6.07, 6.45) is 3.46. The quantitative estimate of drug-likeness (QED) is 0.658. The molecule has 0 amide bonds. The van der Waals surface area contributed by atoms with Crippen molar-refractivity contribution in [3.63, 3.8) is 0 Å². The third-order valence-electron chi connectivity index (χ3n) is 1.82. The van der Waals surface area contributed by atoms with Gasteiger partial charge in [0.15, 0.2) is 0 Å². The standard InChI is InChI=1S/C9H11N3/c1-8(6-10)12(2)9-4-3-5-11-7-9/h3-5,7-8H,1-2H3. The highest BCUT2D eigenvalue weighted by Gasteiger charge is 2.07. The van der Waals surface area contributed by atoms with Crippen LogP contribution in [0.15, 0.2) is 24.5 Å². The van der Waals surface area contributed by atoms with Crippen molar-refractivity contribution in [1.82, 2.24) is 4.98 Å². The molecule has 0 aliphatic heterocycles. The predicted octanol–water partition coefficient (Wildman–Crippen LogP) is 1.43. The highest BCUT2D eigenvalue weighted by Crippen LogP contribution is 2.11. The molecule has 0 bridgehead atoms. The summed E-state index contributed by atoms with van der Waals surface area (Å²) < 4.78 is 0. The molecule has 3 heteroatoms. The third-order valence-corrected chi connectivity index (χ3v) is 1.82. The SMILES string of the molecule is CC(C#N)N(C)c1cccnc1. The van der Waals surface area contributed by atoms with Crippen molar-refractivity contribution in [2.24, 2.45) is 0 Å². The van der Waals surface area contributed by atoms with E-state index in [1.807, 2.05) is 31.0 Å². The lowest BCUT2D eigenvalue weighted by molar-refractivity contribution is 0.832. The first-order valence-corrected chi connectivity index (χ1v) is 3.78. The normalized spacial score (nSPS) is 11.8. The number of rotatable bonds is 2. The van der Waals surface area contributed by atoms with Crippen molar-refractivity contribution in [2.45, 2.75) is 13.0 Å². The molecule has 0 N–H and O–H groups in total. The first-order valence-electron chi connectivity index (χ1n) is 3.78. The highest BCUT2D eigenvalue weighted by atomic mass is 15.1. The molecule has 0 saturated heterocycles. The lowest BCUT2D eigenvalue weighted by atomic mass is 10.3. The van der Waals surface area contributed by atoms with Gasteiger partial charge in [0.1, 0.15) is 6.04 Å². The van der Waals surface area contributed by atoms with Crippen molar-refractivity contribution in [3.8, 4) is 6.07 Å². The van der Waals surface area contributed by atoms with E-state index in [1.54, 1.807) is 12.4 Å². The van der Waals surface area contributed by atoms with Crippen molar-refractivity contribution >= 4 is 5.69 Å². The van der Waals surface area contributed by atoms with E-state index >= 15 is 0 Å². The van der Waals surface area contributed by atoms with Gasteiger partial charge in [0.25, 0.3) is 0 Å². The lowest BCUT2D eigenvalue weighted by Crippen LogP contribution is -2.27. The monoisotopic (exact) mass is 161 g/mol. The van der Waals surface area contributed by atoms with Gasteiger partial charge in [0.05, 0.1) is 18.0 Å². The molecule has 0 saturated carbocycles. The smallest absolute Gasteiger partial charge is 0.113 e. The highest BCUT2D eigenvalue weighted by molar-refractivity contribution is 5.44. The maximum atomic E-state index is 8.65. The van der Waals surface area contributed by atoms with Crippen LogP contribution in [0.3, 0.4) is 0 Å². The number of nitrogens with zero attached hydrogens (tertiary/aromatic N) is 3. The average molecular weight is 161 g/mol. The van der Waals surface area contributed by atoms with Crippen molar-refractivity contribution in [1.29, 1.82) is 5.26 Å². The first kappa shape index (κ1) is 8.54. The average Bonchev–Trinajstić information content (AvgIpc) is 2.17. The Morgan fingerprint density at radius 2 is 2.42 bits per heavy atom. The Morgan fingerprint density at radius 3 is 2.92 bits per heavy atom. The number of hydrogen-bond donors (Lipinski definition) is 0. The molecule has 62 valence electrons. The molecular formula is C9H11N3. The molecule has 0 aromatic carbocycles. The lowest BCUT2D eigenvalue weighted by Gasteiger charge is -2.20. The first-order chi connectivity index (χ1) is 5.75. The fourth-order valence-corrected chi connectivity index (χ4v) is 0.873. The second kappa shape index (κ2) is 3.72. The van der Waals surface area contributed by atoms with Crippen LogP contribution < -0.4 is 4.90 Å². The van der Waals surface area contributed by atoms with Crippen molar-refractivity contribution < 1.29 is 0 Å². The number of anilines is 1. The van der Waals surface area contributed by atoms with Crippen molar-refractivity contribution in [2.75, 3.05) is 11.9 Å². The number of nitriles is 1. The molecule has 12 heavy (non-hydrogen) atoms. The van der Waals surface area contributed by atoms with Gasteiger partial charge in [-0.25, -0.2) is 0 Å². The molecule has 1 unspecified atom stereocenters. The Labute approximate surface area is 72.3 Å². The molecule has 0 fully saturated rings. The van der Waals surface area contributed by atoms with E-state index in [1.165, 1.54) is 0 Å². The van der Waals surface area contributed by atoms with E-state index in [9.17, 15) is 0 Å². The largest absolute Gasteiger partial charge is 0.358 e. The molecule has 1 rings (SSSR count). The maximum Gasteiger partial charge on any atom is 0.113 e. The van der Waals surface area contributed by atoms with E-state index in [0.717, 1.165) is 5.69 Å². The fourth-order valence-electron chi connectivity index (χ4n) is 0.873. The van der Waals surface area contributed by atoms with E-state index in [2.05, 4.69) is 11.1 Å². The van der Waals surface area contributed by atoms with Gasteiger partial charge < -0.3 is 4.90 Å². The summed E-state index contributed by atoms with van der Waals surface area (Å²) in [5.41, 5.74) is 0.964. The van der Waals surface area contributed by atoms with Gasteiger partial charge in [0, 0.05) is 13.2 Å². The van der Waals surface area contributed by atoms with Gasteiger partial charge in [-0.2, -0.15) is 5.26 Å². The Bertz CT molecular complexity index is 276. The molecule has 3 nitrogen and oxygen atoms in total. The van der Waals surface area contributed by atoms with Gasteiger partial charge in [0.2, 0.25) is 0 Å². The summed E-state index contributed by atoms with van der Waals surface area (Å²) in [5, 5.41) is 8.65. The van der Waals surface area contributed by atoms with Crippen molar-refractivity contribution in [3.05, 3.63) is 24.5 Å². The Hall–Kier alpha value is -1.56. The predicted molar refractivity (Wildman–Crippen MR) is 47.7 cm³/mol. The number of hydrogen-bond acceptors (Lipinski definition) is 3. The van der Waals surface area contributed by atoms with E-state index in [-0.39, 0.29) is 6.04 Å². The van der Waals surface area contributed by atoms with E-state index in [4.69, 9.17) is 5.26 Å². The van der Waals surface area contributed by atoms with Gasteiger partial charge in [-0.1, -0.05) is 0 Å². The zero-order valence-corrected chi connectivity index (χ0v) is 7.23. The molecule has 1 heterocycles. The van der Waals surface area contributed by atoms with Crippen LogP contribution >= 0.6 is 0 Å². The van der Waals surface area contributed by atoms with Crippen LogP contribution in [-0.2, 0) is 0 Å². The van der Waals surface area contributed by atoms with Gasteiger partial charge in [-0.3, -0.25) is 4.98 Å². The van der Waals surface area contributed by atoms with Crippen LogP contribution in [0.1, 0.15) is 6.92 Å². The summed E-state index contributed by atoms with van der Waals surface area (Å²) in [5.74, 6) is 0. The second-order valence-electron chi connectivity index (χ2n) is 2.63. The Balaban J connectivity index is 2.80. The zero-order chi connectivity index (χ0) is 8.97. The maximum absolute atomic E-state index is 8.65. The van der Waals surface area contributed by atoms with Crippen LogP contribution in [0.4, 0.5) is 5.69 Å². The summed E-state index contributed by atoms with van der Waals surface area (Å²) >= 11 is 0. The molecule has 0 spiro atoms. The molecule has 0 aliphatic rings. The molecule has 0 radical (unpaired) electrons. The zero-order valence-electron chi connectivity index (χ0n) is 7.23. The topological polar surface area (TPSA) is 39.9 Å². The minimum atomic E-state index is -0.116. The molecular weight excluding hydrogens is 150 g/mol. The van der Waals surface area contributed by atoms with Gasteiger partial charge in [-0.15, -0.1) is 0 Å². The Morgan fingerprint density at radius 1 is 1.67 bits per heavy atom. The molecule has 0 aliphatic carbocycles. The number of aromatic nitrogens is 1. The number of pyridine rings is 1. The molecule has 1 aromatic rings. The van der Waals surface area contributed by atoms with Crippen LogP contribution in [0, 0.1) is 11.3 Å². The minimum Gasteiger partial charge on any atom is -0.358 e. The minimum absolute atomic E-state index is 0.116. The van der Waals surface area contributed by atoms with E-state index < -0.39 is 0 Å². The summed E-state index contributed by atoms with van der Waals surface area (Å²) in [6.45, 7) is 1.85. The second-order valence-corrected chi connectivity index (χ2v) is 2.63.